The largest absolute Gasteiger partial charge is 0.314 e. The highest BCUT2D eigenvalue weighted by molar-refractivity contribution is 4.72. The van der Waals surface area contributed by atoms with Crippen LogP contribution in [0, 0.1) is 0 Å². The van der Waals surface area contributed by atoms with Gasteiger partial charge < -0.3 is 15.5 Å². The molecule has 2 atom stereocenters. The monoisotopic (exact) mass is 256 g/mol. The molecular formula is C14H32N4. The first kappa shape index (κ1) is 15.9. The molecule has 0 aromatic rings. The molecule has 4 nitrogen and oxygen atoms in total. The van der Waals surface area contributed by atoms with Gasteiger partial charge in [0.05, 0.1) is 0 Å². The maximum Gasteiger partial charge on any atom is 0.0189 e. The van der Waals surface area contributed by atoms with Gasteiger partial charge in [0.15, 0.2) is 0 Å². The number of likely N-dealkylation sites (N-methyl/N-ethyl adjacent to an activating group) is 1. The van der Waals surface area contributed by atoms with Crippen LogP contribution in [-0.4, -0.2) is 74.7 Å². The molecule has 4 heteroatoms. The van der Waals surface area contributed by atoms with Crippen molar-refractivity contribution in [3.63, 3.8) is 0 Å². The SMILES string of the molecule is CC1CNCCN1C.CCC(C)N1CCNCC1. The molecule has 2 rings (SSSR count). The van der Waals surface area contributed by atoms with Gasteiger partial charge >= 0.3 is 0 Å². The Morgan fingerprint density at radius 2 is 1.72 bits per heavy atom. The van der Waals surface area contributed by atoms with E-state index in [0.29, 0.717) is 0 Å². The van der Waals surface area contributed by atoms with Gasteiger partial charge in [-0.15, -0.1) is 0 Å². The highest BCUT2D eigenvalue weighted by atomic mass is 15.2. The molecule has 0 aromatic heterocycles. The summed E-state index contributed by atoms with van der Waals surface area (Å²) in [5, 5.41) is 6.68. The second kappa shape index (κ2) is 8.86. The molecule has 0 aliphatic carbocycles. The average molecular weight is 256 g/mol. The Bertz CT molecular complexity index is 194. The normalized spacial score (nSPS) is 28.3. The molecule has 2 N–H and O–H groups in total. The fraction of sp³-hybridized carbons (Fsp3) is 1.00. The minimum atomic E-state index is 0.726. The highest BCUT2D eigenvalue weighted by Crippen LogP contribution is 2.03. The summed E-state index contributed by atoms with van der Waals surface area (Å²) < 4.78 is 0. The zero-order chi connectivity index (χ0) is 13.4. The summed E-state index contributed by atoms with van der Waals surface area (Å²) in [6, 6.07) is 1.51. The number of rotatable bonds is 2. The van der Waals surface area contributed by atoms with Gasteiger partial charge in [0.2, 0.25) is 0 Å². The predicted octanol–water partition coefficient (Wildman–Crippen LogP) is 0.600. The average Bonchev–Trinajstić information content (AvgIpc) is 2.43. The van der Waals surface area contributed by atoms with Crippen LogP contribution in [0.25, 0.3) is 0 Å². The molecule has 18 heavy (non-hydrogen) atoms. The summed E-state index contributed by atoms with van der Waals surface area (Å²) in [4.78, 5) is 4.92. The second-order valence-electron chi connectivity index (χ2n) is 5.58. The maximum atomic E-state index is 3.35. The number of hydrogen-bond acceptors (Lipinski definition) is 4. The van der Waals surface area contributed by atoms with Crippen molar-refractivity contribution < 1.29 is 0 Å². The van der Waals surface area contributed by atoms with Gasteiger partial charge in [0, 0.05) is 57.9 Å². The number of nitrogens with one attached hydrogen (secondary N) is 2. The molecule has 0 amide bonds. The lowest BCUT2D eigenvalue weighted by Gasteiger charge is -2.32. The molecule has 2 heterocycles. The van der Waals surface area contributed by atoms with Crippen LogP contribution in [0.1, 0.15) is 27.2 Å². The van der Waals surface area contributed by atoms with Crippen molar-refractivity contribution in [2.24, 2.45) is 0 Å². The Balaban J connectivity index is 0.000000184. The van der Waals surface area contributed by atoms with Crippen LogP contribution in [0.5, 0.6) is 0 Å². The first-order valence-electron chi connectivity index (χ1n) is 7.50. The fourth-order valence-electron chi connectivity index (χ4n) is 2.32. The lowest BCUT2D eigenvalue weighted by Crippen LogP contribution is -2.47. The van der Waals surface area contributed by atoms with E-state index in [1.807, 2.05) is 0 Å². The van der Waals surface area contributed by atoms with E-state index in [9.17, 15) is 0 Å². The predicted molar refractivity (Wildman–Crippen MR) is 79.2 cm³/mol. The van der Waals surface area contributed by atoms with Crippen molar-refractivity contribution in [2.45, 2.75) is 39.3 Å². The van der Waals surface area contributed by atoms with Gasteiger partial charge in [0.1, 0.15) is 0 Å². The van der Waals surface area contributed by atoms with Crippen molar-refractivity contribution in [2.75, 3.05) is 52.9 Å². The van der Waals surface area contributed by atoms with Crippen LogP contribution >= 0.6 is 0 Å². The minimum Gasteiger partial charge on any atom is -0.314 e. The molecule has 2 aliphatic heterocycles. The van der Waals surface area contributed by atoms with Crippen LogP contribution in [0.15, 0.2) is 0 Å². The first-order valence-corrected chi connectivity index (χ1v) is 7.50. The smallest absolute Gasteiger partial charge is 0.0189 e. The Morgan fingerprint density at radius 1 is 1.11 bits per heavy atom. The number of hydrogen-bond donors (Lipinski definition) is 2. The van der Waals surface area contributed by atoms with Crippen molar-refractivity contribution in [1.82, 2.24) is 20.4 Å². The van der Waals surface area contributed by atoms with E-state index in [4.69, 9.17) is 0 Å². The molecule has 0 saturated carbocycles. The van der Waals surface area contributed by atoms with Crippen LogP contribution in [0.3, 0.4) is 0 Å². The van der Waals surface area contributed by atoms with Crippen LogP contribution in [-0.2, 0) is 0 Å². The second-order valence-corrected chi connectivity index (χ2v) is 5.58. The standard InChI is InChI=1S/C8H18N2.C6H14N2/c1-3-8(2)10-6-4-9-5-7-10;1-6-5-7-3-4-8(6)2/h8-9H,3-7H2,1-2H3;6-7H,3-5H2,1-2H3. The minimum absolute atomic E-state index is 0.726. The Hall–Kier alpha value is -0.160. The Kier molecular flexibility index (Phi) is 7.82. The summed E-state index contributed by atoms with van der Waals surface area (Å²) in [6.45, 7) is 15.1. The topological polar surface area (TPSA) is 30.5 Å². The van der Waals surface area contributed by atoms with Gasteiger partial charge in [-0.05, 0) is 27.3 Å². The van der Waals surface area contributed by atoms with E-state index in [0.717, 1.165) is 25.2 Å². The van der Waals surface area contributed by atoms with E-state index >= 15 is 0 Å². The van der Waals surface area contributed by atoms with E-state index in [-0.39, 0.29) is 0 Å². The summed E-state index contributed by atoms with van der Waals surface area (Å²) in [5.41, 5.74) is 0. The van der Waals surface area contributed by atoms with Gasteiger partial charge in [-0.1, -0.05) is 6.92 Å². The van der Waals surface area contributed by atoms with Crippen LogP contribution < -0.4 is 10.6 Å². The van der Waals surface area contributed by atoms with Gasteiger partial charge in [-0.3, -0.25) is 4.90 Å². The molecule has 0 radical (unpaired) electrons. The first-order chi connectivity index (χ1) is 8.65. The van der Waals surface area contributed by atoms with Crippen molar-refractivity contribution in [3.05, 3.63) is 0 Å². The summed E-state index contributed by atoms with van der Waals surface area (Å²) in [6.07, 6.45) is 1.28. The lowest BCUT2D eigenvalue weighted by molar-refractivity contribution is 0.180. The van der Waals surface area contributed by atoms with Gasteiger partial charge in [-0.25, -0.2) is 0 Å². The van der Waals surface area contributed by atoms with E-state index in [2.05, 4.69) is 48.3 Å². The zero-order valence-electron chi connectivity index (χ0n) is 12.7. The Labute approximate surface area is 113 Å². The van der Waals surface area contributed by atoms with Gasteiger partial charge in [-0.2, -0.15) is 0 Å². The third kappa shape index (κ3) is 5.65. The molecule has 0 spiro atoms. The zero-order valence-corrected chi connectivity index (χ0v) is 12.7. The molecule has 2 fully saturated rings. The summed E-state index contributed by atoms with van der Waals surface area (Å²) >= 11 is 0. The number of piperazine rings is 2. The molecule has 0 aromatic carbocycles. The molecule has 108 valence electrons. The fourth-order valence-corrected chi connectivity index (χ4v) is 2.32. The molecule has 2 aliphatic rings. The third-order valence-electron chi connectivity index (χ3n) is 4.20. The van der Waals surface area contributed by atoms with E-state index < -0.39 is 0 Å². The quantitative estimate of drug-likeness (QED) is 0.757. The van der Waals surface area contributed by atoms with Crippen molar-refractivity contribution in [1.29, 1.82) is 0 Å². The molecular weight excluding hydrogens is 224 g/mol. The summed E-state index contributed by atoms with van der Waals surface area (Å²) in [5.74, 6) is 0. The van der Waals surface area contributed by atoms with Crippen molar-refractivity contribution >= 4 is 0 Å². The molecule has 0 bridgehead atoms. The lowest BCUT2D eigenvalue weighted by atomic mass is 10.2. The van der Waals surface area contributed by atoms with E-state index in [1.54, 1.807) is 0 Å². The van der Waals surface area contributed by atoms with Gasteiger partial charge in [0.25, 0.3) is 0 Å². The molecule has 2 saturated heterocycles. The highest BCUT2D eigenvalue weighted by Gasteiger charge is 2.13. The molecule has 2 unspecified atom stereocenters. The Morgan fingerprint density at radius 3 is 2.17 bits per heavy atom. The van der Waals surface area contributed by atoms with E-state index in [1.165, 1.54) is 39.1 Å². The maximum absolute atomic E-state index is 3.35. The summed E-state index contributed by atoms with van der Waals surface area (Å²) in [7, 11) is 2.17. The van der Waals surface area contributed by atoms with Crippen LogP contribution in [0.2, 0.25) is 0 Å². The third-order valence-corrected chi connectivity index (χ3v) is 4.20. The number of nitrogens with zero attached hydrogens (tertiary/aromatic N) is 2. The van der Waals surface area contributed by atoms with Crippen LogP contribution in [0.4, 0.5) is 0 Å². The van der Waals surface area contributed by atoms with Crippen molar-refractivity contribution in [3.8, 4) is 0 Å².